The SMILES string of the molecule is COC(=O)c1c(-c2cc(OC)c(OC)c(OC)c2)c2ccccc2c(=O)n1-c1ccc(C(=O)N2CCOCC2)cc1. The molecular formula is C31H30N2O8. The molecule has 0 radical (unpaired) electrons. The first-order valence-corrected chi connectivity index (χ1v) is 13.0. The summed E-state index contributed by atoms with van der Waals surface area (Å²) >= 11 is 0. The van der Waals surface area contributed by atoms with E-state index >= 15 is 0 Å². The van der Waals surface area contributed by atoms with Gasteiger partial charge in [0, 0.05) is 35.3 Å². The van der Waals surface area contributed by atoms with Crippen molar-refractivity contribution in [2.75, 3.05) is 54.7 Å². The number of morpholine rings is 1. The number of methoxy groups -OCH3 is 4. The summed E-state index contributed by atoms with van der Waals surface area (Å²) in [5, 5.41) is 0.930. The minimum Gasteiger partial charge on any atom is -0.493 e. The summed E-state index contributed by atoms with van der Waals surface area (Å²) in [4.78, 5) is 42.2. The molecule has 212 valence electrons. The first-order valence-electron chi connectivity index (χ1n) is 13.0. The van der Waals surface area contributed by atoms with Crippen molar-refractivity contribution in [1.82, 2.24) is 9.47 Å². The Hall–Kier alpha value is -4.83. The van der Waals surface area contributed by atoms with Gasteiger partial charge >= 0.3 is 5.97 Å². The number of aromatic nitrogens is 1. The predicted octanol–water partition coefficient (Wildman–Crippen LogP) is 3.94. The lowest BCUT2D eigenvalue weighted by molar-refractivity contribution is 0.0303. The number of benzene rings is 3. The number of carbonyl (C=O) groups is 2. The summed E-state index contributed by atoms with van der Waals surface area (Å²) in [6.45, 7) is 2.00. The summed E-state index contributed by atoms with van der Waals surface area (Å²) in [6.07, 6.45) is 0. The molecule has 0 saturated carbocycles. The second-order valence-corrected chi connectivity index (χ2v) is 9.27. The Morgan fingerprint density at radius 1 is 0.805 bits per heavy atom. The molecule has 0 aliphatic carbocycles. The van der Waals surface area contributed by atoms with Crippen LogP contribution in [0, 0.1) is 0 Å². The molecule has 10 heteroatoms. The van der Waals surface area contributed by atoms with Gasteiger partial charge in [-0.05, 0) is 53.4 Å². The number of pyridine rings is 1. The van der Waals surface area contributed by atoms with Crippen LogP contribution in [0.1, 0.15) is 20.8 Å². The highest BCUT2D eigenvalue weighted by Gasteiger charge is 2.27. The topological polar surface area (TPSA) is 106 Å². The highest BCUT2D eigenvalue weighted by molar-refractivity contribution is 6.07. The largest absolute Gasteiger partial charge is 0.493 e. The lowest BCUT2D eigenvalue weighted by Crippen LogP contribution is -2.40. The smallest absolute Gasteiger partial charge is 0.355 e. The summed E-state index contributed by atoms with van der Waals surface area (Å²) in [6, 6.07) is 17.1. The fourth-order valence-electron chi connectivity index (χ4n) is 5.11. The van der Waals surface area contributed by atoms with Crippen LogP contribution in [0.15, 0.2) is 65.5 Å². The fourth-order valence-corrected chi connectivity index (χ4v) is 5.11. The van der Waals surface area contributed by atoms with Crippen molar-refractivity contribution in [2.45, 2.75) is 0 Å². The zero-order valence-corrected chi connectivity index (χ0v) is 23.3. The molecule has 1 fully saturated rings. The Balaban J connectivity index is 1.77. The Morgan fingerprint density at radius 2 is 1.41 bits per heavy atom. The second-order valence-electron chi connectivity index (χ2n) is 9.27. The number of nitrogens with zero attached hydrogens (tertiary/aromatic N) is 2. The van der Waals surface area contributed by atoms with E-state index in [2.05, 4.69) is 0 Å². The Morgan fingerprint density at radius 3 is 1.98 bits per heavy atom. The van der Waals surface area contributed by atoms with Crippen LogP contribution in [0.5, 0.6) is 17.2 Å². The van der Waals surface area contributed by atoms with Crippen LogP contribution in [-0.4, -0.2) is 76.1 Å². The third kappa shape index (κ3) is 4.98. The molecule has 1 aliphatic rings. The van der Waals surface area contributed by atoms with Crippen molar-refractivity contribution in [1.29, 1.82) is 0 Å². The second kappa shape index (κ2) is 11.7. The van der Waals surface area contributed by atoms with E-state index in [-0.39, 0.29) is 11.6 Å². The Bertz CT molecular complexity index is 1650. The summed E-state index contributed by atoms with van der Waals surface area (Å²) < 4.78 is 28.5. The Kier molecular flexibility index (Phi) is 7.93. The van der Waals surface area contributed by atoms with Gasteiger partial charge in [-0.2, -0.15) is 0 Å². The zero-order valence-electron chi connectivity index (χ0n) is 23.3. The van der Waals surface area contributed by atoms with Crippen molar-refractivity contribution >= 4 is 22.6 Å². The summed E-state index contributed by atoms with van der Waals surface area (Å²) in [5.74, 6) is 0.301. The van der Waals surface area contributed by atoms with Gasteiger partial charge < -0.3 is 28.6 Å². The van der Waals surface area contributed by atoms with Crippen molar-refractivity contribution in [2.24, 2.45) is 0 Å². The lowest BCUT2D eigenvalue weighted by atomic mass is 9.95. The highest BCUT2D eigenvalue weighted by atomic mass is 16.5. The molecule has 0 bridgehead atoms. The van der Waals surface area contributed by atoms with Crippen LogP contribution in [0.25, 0.3) is 27.6 Å². The van der Waals surface area contributed by atoms with Gasteiger partial charge in [0.05, 0.1) is 41.7 Å². The van der Waals surface area contributed by atoms with Gasteiger partial charge in [0.25, 0.3) is 11.5 Å². The molecule has 41 heavy (non-hydrogen) atoms. The fraction of sp³-hybridized carbons (Fsp3) is 0.258. The van der Waals surface area contributed by atoms with E-state index in [4.69, 9.17) is 23.7 Å². The maximum Gasteiger partial charge on any atom is 0.355 e. The third-order valence-electron chi connectivity index (χ3n) is 7.09. The molecule has 10 nitrogen and oxygen atoms in total. The van der Waals surface area contributed by atoms with Crippen LogP contribution in [0.2, 0.25) is 0 Å². The number of fused-ring (bicyclic) bond motifs is 1. The molecule has 1 saturated heterocycles. The number of hydrogen-bond acceptors (Lipinski definition) is 8. The number of amides is 1. The number of ether oxygens (including phenoxy) is 5. The monoisotopic (exact) mass is 558 g/mol. The summed E-state index contributed by atoms with van der Waals surface area (Å²) in [5.41, 5.74) is 1.45. The van der Waals surface area contributed by atoms with Gasteiger partial charge in [0.1, 0.15) is 5.69 Å². The van der Waals surface area contributed by atoms with Crippen LogP contribution in [-0.2, 0) is 9.47 Å². The molecular weight excluding hydrogens is 528 g/mol. The van der Waals surface area contributed by atoms with E-state index in [1.807, 2.05) is 0 Å². The average molecular weight is 559 g/mol. The first kappa shape index (κ1) is 27.7. The number of hydrogen-bond donors (Lipinski definition) is 0. The van der Waals surface area contributed by atoms with E-state index in [0.29, 0.717) is 76.7 Å². The number of esters is 1. The van der Waals surface area contributed by atoms with Gasteiger partial charge in [0.15, 0.2) is 11.5 Å². The molecule has 0 N–H and O–H groups in total. The van der Waals surface area contributed by atoms with Crippen molar-refractivity contribution in [3.63, 3.8) is 0 Å². The van der Waals surface area contributed by atoms with Gasteiger partial charge in [-0.15, -0.1) is 0 Å². The first-order chi connectivity index (χ1) is 19.9. The molecule has 5 rings (SSSR count). The third-order valence-corrected chi connectivity index (χ3v) is 7.09. The number of rotatable bonds is 7. The van der Waals surface area contributed by atoms with E-state index in [9.17, 15) is 14.4 Å². The molecule has 4 aromatic rings. The van der Waals surface area contributed by atoms with Crippen LogP contribution in [0.4, 0.5) is 0 Å². The quantitative estimate of drug-likeness (QED) is 0.314. The van der Waals surface area contributed by atoms with Crippen molar-refractivity contribution in [3.8, 4) is 34.1 Å². The van der Waals surface area contributed by atoms with E-state index < -0.39 is 11.5 Å². The van der Waals surface area contributed by atoms with E-state index in [1.165, 1.54) is 33.0 Å². The van der Waals surface area contributed by atoms with E-state index in [1.54, 1.807) is 65.6 Å². The van der Waals surface area contributed by atoms with Crippen molar-refractivity contribution < 1.29 is 33.3 Å². The molecule has 0 atom stereocenters. The van der Waals surface area contributed by atoms with E-state index in [0.717, 1.165) is 0 Å². The zero-order chi connectivity index (χ0) is 29.1. The van der Waals surface area contributed by atoms with Crippen molar-refractivity contribution in [3.05, 3.63) is 82.3 Å². The standard InChI is InChI=1S/C31H30N2O8/c1-37-24-17-20(18-25(38-2)28(24)39-3)26-22-7-5-6-8-23(22)30(35)33(27(26)31(36)40-4)21-11-9-19(10-12-21)29(34)32-13-15-41-16-14-32/h5-12,17-18H,13-16H2,1-4H3. The molecule has 1 aromatic heterocycles. The summed E-state index contributed by atoms with van der Waals surface area (Å²) in [7, 11) is 5.76. The average Bonchev–Trinajstić information content (AvgIpc) is 3.03. The van der Waals surface area contributed by atoms with Gasteiger partial charge in [-0.25, -0.2) is 4.79 Å². The molecule has 1 amide bonds. The molecule has 3 aromatic carbocycles. The Labute approximate surface area is 236 Å². The van der Waals surface area contributed by atoms with Gasteiger partial charge in [-0.1, -0.05) is 18.2 Å². The van der Waals surface area contributed by atoms with Gasteiger partial charge in [-0.3, -0.25) is 14.2 Å². The predicted molar refractivity (Wildman–Crippen MR) is 153 cm³/mol. The maximum absolute atomic E-state index is 14.0. The van der Waals surface area contributed by atoms with Crippen LogP contribution >= 0.6 is 0 Å². The molecule has 1 aliphatic heterocycles. The molecule has 0 spiro atoms. The molecule has 0 unspecified atom stereocenters. The minimum absolute atomic E-state index is 0.0118. The number of carbonyl (C=O) groups excluding carboxylic acids is 2. The maximum atomic E-state index is 14.0. The molecule has 2 heterocycles. The lowest BCUT2D eigenvalue weighted by Gasteiger charge is -2.27. The van der Waals surface area contributed by atoms with Crippen LogP contribution < -0.4 is 19.8 Å². The highest BCUT2D eigenvalue weighted by Crippen LogP contribution is 2.43. The van der Waals surface area contributed by atoms with Gasteiger partial charge in [0.2, 0.25) is 5.75 Å². The van der Waals surface area contributed by atoms with Crippen LogP contribution in [0.3, 0.4) is 0 Å². The normalized spacial score (nSPS) is 13.1. The minimum atomic E-state index is -0.718.